The molecule has 98 valence electrons. The Kier molecular flexibility index (Phi) is 4.16. The number of halogens is 4. The molecule has 0 saturated carbocycles. The lowest BCUT2D eigenvalue weighted by Crippen LogP contribution is -1.92. The second kappa shape index (κ2) is 5.51. The van der Waals surface area contributed by atoms with Crippen LogP contribution in [0.4, 0.5) is 5.69 Å². The van der Waals surface area contributed by atoms with Crippen LogP contribution in [0.2, 0.25) is 20.2 Å². The van der Waals surface area contributed by atoms with Crippen molar-refractivity contribution in [1.82, 2.24) is 4.98 Å². The third-order valence-electron chi connectivity index (χ3n) is 2.33. The first-order valence-corrected chi connectivity index (χ1v) is 6.36. The number of pyridine rings is 1. The number of rotatable bonds is 2. The lowest BCUT2D eigenvalue weighted by molar-refractivity contribution is -0.385. The number of hydrogen-bond donors (Lipinski definition) is 0. The number of nitro groups is 1. The van der Waals surface area contributed by atoms with Crippen molar-refractivity contribution in [2.45, 2.75) is 0 Å². The molecule has 0 radical (unpaired) electrons. The van der Waals surface area contributed by atoms with E-state index in [0.717, 1.165) is 0 Å². The average Bonchev–Trinajstić information content (AvgIpc) is 2.35. The minimum atomic E-state index is -0.613. The van der Waals surface area contributed by atoms with Crippen LogP contribution in [-0.4, -0.2) is 9.91 Å². The number of hydrogen-bond acceptors (Lipinski definition) is 3. The van der Waals surface area contributed by atoms with E-state index in [9.17, 15) is 10.1 Å². The van der Waals surface area contributed by atoms with E-state index >= 15 is 0 Å². The molecule has 0 aliphatic heterocycles. The van der Waals surface area contributed by atoms with Crippen LogP contribution in [0, 0.1) is 10.1 Å². The molecule has 0 aliphatic rings. The van der Waals surface area contributed by atoms with Gasteiger partial charge in [-0.25, -0.2) is 4.98 Å². The van der Waals surface area contributed by atoms with E-state index in [1.54, 1.807) is 12.1 Å². The van der Waals surface area contributed by atoms with Crippen LogP contribution in [0.15, 0.2) is 24.4 Å². The highest BCUT2D eigenvalue weighted by molar-refractivity contribution is 6.48. The van der Waals surface area contributed by atoms with Gasteiger partial charge in [-0.1, -0.05) is 46.4 Å². The first-order valence-electron chi connectivity index (χ1n) is 4.85. The van der Waals surface area contributed by atoms with Crippen molar-refractivity contribution >= 4 is 52.1 Å². The van der Waals surface area contributed by atoms with Crippen LogP contribution in [0.25, 0.3) is 11.1 Å². The predicted octanol–water partition coefficient (Wildman–Crippen LogP) is 5.27. The van der Waals surface area contributed by atoms with Gasteiger partial charge < -0.3 is 0 Å². The summed E-state index contributed by atoms with van der Waals surface area (Å²) in [4.78, 5) is 14.0. The van der Waals surface area contributed by atoms with Gasteiger partial charge in [-0.3, -0.25) is 10.1 Å². The molecule has 1 aromatic heterocycles. The highest BCUT2D eigenvalue weighted by Gasteiger charge is 2.16. The Hall–Kier alpha value is -1.07. The van der Waals surface area contributed by atoms with Gasteiger partial charge in [-0.05, 0) is 17.7 Å². The third kappa shape index (κ3) is 2.92. The summed E-state index contributed by atoms with van der Waals surface area (Å²) < 4.78 is 0. The Morgan fingerprint density at radius 1 is 1.00 bits per heavy atom. The smallest absolute Gasteiger partial charge is 0.258 e. The standard InChI is InChI=1S/C11H4Cl4N2O2/c12-7-1-5(2-8(13)10(7)14)6-3-9(17(18)19)11(15)16-4-6/h1-4H. The largest absolute Gasteiger partial charge is 0.307 e. The van der Waals surface area contributed by atoms with Crippen LogP contribution in [-0.2, 0) is 0 Å². The van der Waals surface area contributed by atoms with Gasteiger partial charge in [0.25, 0.3) is 0 Å². The summed E-state index contributed by atoms with van der Waals surface area (Å²) in [5.41, 5.74) is 0.740. The summed E-state index contributed by atoms with van der Waals surface area (Å²) in [6.07, 6.45) is 1.39. The van der Waals surface area contributed by atoms with E-state index in [-0.39, 0.29) is 25.9 Å². The van der Waals surface area contributed by atoms with Crippen LogP contribution < -0.4 is 0 Å². The van der Waals surface area contributed by atoms with Gasteiger partial charge in [0.15, 0.2) is 0 Å². The summed E-state index contributed by atoms with van der Waals surface area (Å²) >= 11 is 23.3. The predicted molar refractivity (Wildman–Crippen MR) is 76.4 cm³/mol. The summed E-state index contributed by atoms with van der Waals surface area (Å²) in [6.45, 7) is 0. The minimum Gasteiger partial charge on any atom is -0.258 e. The van der Waals surface area contributed by atoms with Crippen LogP contribution in [0.3, 0.4) is 0 Å². The molecule has 4 nitrogen and oxygen atoms in total. The molecule has 2 rings (SSSR count). The molecule has 0 N–H and O–H groups in total. The zero-order chi connectivity index (χ0) is 14.2. The van der Waals surface area contributed by atoms with Gasteiger partial charge in [0, 0.05) is 17.8 Å². The monoisotopic (exact) mass is 336 g/mol. The molecule has 0 fully saturated rings. The highest BCUT2D eigenvalue weighted by atomic mass is 35.5. The number of aromatic nitrogens is 1. The number of benzene rings is 1. The second-order valence-corrected chi connectivity index (χ2v) is 5.10. The van der Waals surface area contributed by atoms with Gasteiger partial charge in [0.1, 0.15) is 0 Å². The van der Waals surface area contributed by atoms with Crippen molar-refractivity contribution in [2.75, 3.05) is 0 Å². The van der Waals surface area contributed by atoms with Gasteiger partial charge in [-0.15, -0.1) is 0 Å². The molecule has 1 heterocycles. The first kappa shape index (κ1) is 14.3. The zero-order valence-corrected chi connectivity index (χ0v) is 12.1. The molecule has 0 bridgehead atoms. The molecule has 1 aromatic carbocycles. The maximum Gasteiger partial charge on any atom is 0.307 e. The molecular formula is C11H4Cl4N2O2. The van der Waals surface area contributed by atoms with E-state index in [1.165, 1.54) is 12.3 Å². The van der Waals surface area contributed by atoms with Crippen LogP contribution >= 0.6 is 46.4 Å². The minimum absolute atomic E-state index is 0.181. The Morgan fingerprint density at radius 3 is 2.11 bits per heavy atom. The summed E-state index contributed by atoms with van der Waals surface area (Å²) in [7, 11) is 0. The van der Waals surface area contributed by atoms with E-state index < -0.39 is 4.92 Å². The molecule has 0 spiro atoms. The van der Waals surface area contributed by atoms with Crippen molar-refractivity contribution in [3.05, 3.63) is 54.7 Å². The fourth-order valence-electron chi connectivity index (χ4n) is 1.44. The second-order valence-electron chi connectivity index (χ2n) is 3.54. The molecule has 8 heteroatoms. The average molecular weight is 338 g/mol. The summed E-state index contributed by atoms with van der Waals surface area (Å²) in [5.74, 6) is 0. The van der Waals surface area contributed by atoms with Crippen LogP contribution in [0.5, 0.6) is 0 Å². The summed E-state index contributed by atoms with van der Waals surface area (Å²) in [6, 6.07) is 4.39. The molecule has 0 atom stereocenters. The molecule has 0 saturated heterocycles. The van der Waals surface area contributed by atoms with Gasteiger partial charge in [0.2, 0.25) is 5.15 Å². The third-order valence-corrected chi connectivity index (χ3v) is 3.82. The van der Waals surface area contributed by atoms with Gasteiger partial charge in [-0.2, -0.15) is 0 Å². The van der Waals surface area contributed by atoms with E-state index in [0.29, 0.717) is 11.1 Å². The fourth-order valence-corrected chi connectivity index (χ4v) is 2.21. The van der Waals surface area contributed by atoms with Gasteiger partial charge in [0.05, 0.1) is 20.0 Å². The van der Waals surface area contributed by atoms with E-state index in [1.807, 2.05) is 0 Å². The topological polar surface area (TPSA) is 56.0 Å². The van der Waals surface area contributed by atoms with Crippen molar-refractivity contribution in [1.29, 1.82) is 0 Å². The highest BCUT2D eigenvalue weighted by Crippen LogP contribution is 2.36. The van der Waals surface area contributed by atoms with Crippen molar-refractivity contribution in [2.24, 2.45) is 0 Å². The van der Waals surface area contributed by atoms with Crippen molar-refractivity contribution in [3.8, 4) is 11.1 Å². The zero-order valence-electron chi connectivity index (χ0n) is 9.03. The summed E-state index contributed by atoms with van der Waals surface area (Å²) in [5, 5.41) is 11.3. The SMILES string of the molecule is O=[N+]([O-])c1cc(-c2cc(Cl)c(Cl)c(Cl)c2)cnc1Cl. The quantitative estimate of drug-likeness (QED) is 0.324. The molecular weight excluding hydrogens is 334 g/mol. The number of nitrogens with zero attached hydrogens (tertiary/aromatic N) is 2. The van der Waals surface area contributed by atoms with E-state index in [4.69, 9.17) is 46.4 Å². The van der Waals surface area contributed by atoms with Crippen molar-refractivity contribution < 1.29 is 4.92 Å². The Morgan fingerprint density at radius 2 is 1.58 bits per heavy atom. The maximum atomic E-state index is 10.8. The molecule has 0 unspecified atom stereocenters. The maximum absolute atomic E-state index is 10.8. The van der Waals surface area contributed by atoms with Crippen LogP contribution in [0.1, 0.15) is 0 Å². The Labute approximate surface area is 128 Å². The lowest BCUT2D eigenvalue weighted by atomic mass is 10.1. The van der Waals surface area contributed by atoms with E-state index in [2.05, 4.69) is 4.98 Å². The normalized spacial score (nSPS) is 10.5. The lowest BCUT2D eigenvalue weighted by Gasteiger charge is -2.05. The van der Waals surface area contributed by atoms with Gasteiger partial charge >= 0.3 is 5.69 Å². The molecule has 0 amide bonds. The molecule has 0 aliphatic carbocycles. The fraction of sp³-hybridized carbons (Fsp3) is 0. The Balaban J connectivity index is 2.60. The molecule has 2 aromatic rings. The Bertz CT molecular complexity index is 653. The molecule has 19 heavy (non-hydrogen) atoms. The van der Waals surface area contributed by atoms with Crippen molar-refractivity contribution in [3.63, 3.8) is 0 Å². The first-order chi connectivity index (χ1) is 8.90.